The van der Waals surface area contributed by atoms with Crippen molar-refractivity contribution in [3.8, 4) is 11.6 Å². The summed E-state index contributed by atoms with van der Waals surface area (Å²) in [7, 11) is 0. The Morgan fingerprint density at radius 3 is 2.44 bits per heavy atom. The van der Waals surface area contributed by atoms with Crippen LogP contribution in [0.25, 0.3) is 0 Å². The highest BCUT2D eigenvalue weighted by atomic mass is 35.5. The summed E-state index contributed by atoms with van der Waals surface area (Å²) in [5, 5.41) is 22.5. The summed E-state index contributed by atoms with van der Waals surface area (Å²) in [4.78, 5) is 32.5. The number of aliphatic hydroxyl groups excluding tert-OH is 2. The zero-order valence-corrected chi connectivity index (χ0v) is 18.5. The molecule has 0 saturated heterocycles. The van der Waals surface area contributed by atoms with E-state index in [0.29, 0.717) is 16.5 Å². The van der Waals surface area contributed by atoms with Crippen LogP contribution in [0.3, 0.4) is 0 Å². The SMILES string of the molecule is O=c1[nH]/c(=N\c2ccc(Oc3cc(CO)on3)cc2)n(Cc2ccc(Cl)cc2)c(=O)n1CCO. The molecule has 0 radical (unpaired) electrons. The average molecular weight is 486 g/mol. The van der Waals surface area contributed by atoms with Gasteiger partial charge in [0.05, 0.1) is 25.4 Å². The molecule has 0 aliphatic heterocycles. The lowest BCUT2D eigenvalue weighted by Crippen LogP contribution is -2.50. The molecule has 2 heterocycles. The number of rotatable bonds is 8. The predicted octanol–water partition coefficient (Wildman–Crippen LogP) is 1.54. The molecule has 0 spiro atoms. The predicted molar refractivity (Wildman–Crippen MR) is 121 cm³/mol. The summed E-state index contributed by atoms with van der Waals surface area (Å²) in [5.74, 6) is 0.899. The molecule has 0 bridgehead atoms. The molecule has 11 nitrogen and oxygen atoms in total. The molecule has 2 aromatic carbocycles. The zero-order chi connectivity index (χ0) is 24.1. The van der Waals surface area contributed by atoms with Gasteiger partial charge < -0.3 is 19.5 Å². The Hall–Kier alpha value is -3.93. The number of H-pyrrole nitrogens is 1. The highest BCUT2D eigenvalue weighted by molar-refractivity contribution is 6.30. The number of aliphatic hydroxyl groups is 2. The minimum Gasteiger partial charge on any atom is -0.436 e. The van der Waals surface area contributed by atoms with Gasteiger partial charge in [-0.3, -0.25) is 9.55 Å². The monoisotopic (exact) mass is 485 g/mol. The van der Waals surface area contributed by atoms with Gasteiger partial charge in [-0.15, -0.1) is 0 Å². The third kappa shape index (κ3) is 5.34. The quantitative estimate of drug-likeness (QED) is 0.343. The molecule has 3 N–H and O–H groups in total. The third-order valence-corrected chi connectivity index (χ3v) is 5.00. The van der Waals surface area contributed by atoms with Crippen molar-refractivity contribution in [2.24, 2.45) is 4.99 Å². The molecule has 12 heteroatoms. The van der Waals surface area contributed by atoms with Crippen LogP contribution >= 0.6 is 11.6 Å². The van der Waals surface area contributed by atoms with Crippen LogP contribution in [0.15, 0.2) is 73.7 Å². The fraction of sp³-hybridized carbons (Fsp3) is 0.182. The molecule has 4 rings (SSSR count). The van der Waals surface area contributed by atoms with Crippen molar-refractivity contribution >= 4 is 17.3 Å². The minimum absolute atomic E-state index is 0.0388. The molecule has 0 unspecified atom stereocenters. The molecular weight excluding hydrogens is 466 g/mol. The van der Waals surface area contributed by atoms with E-state index in [-0.39, 0.29) is 43.6 Å². The second-order valence-corrected chi connectivity index (χ2v) is 7.56. The Morgan fingerprint density at radius 1 is 1.06 bits per heavy atom. The lowest BCUT2D eigenvalue weighted by molar-refractivity contribution is 0.227. The molecule has 176 valence electrons. The lowest BCUT2D eigenvalue weighted by atomic mass is 10.2. The van der Waals surface area contributed by atoms with Crippen molar-refractivity contribution in [3.63, 3.8) is 0 Å². The van der Waals surface area contributed by atoms with E-state index in [2.05, 4.69) is 15.1 Å². The number of halogens is 1. The molecule has 34 heavy (non-hydrogen) atoms. The maximum Gasteiger partial charge on any atom is 0.335 e. The second kappa shape index (κ2) is 10.3. The first-order valence-corrected chi connectivity index (χ1v) is 10.5. The normalized spacial score (nSPS) is 11.7. The third-order valence-electron chi connectivity index (χ3n) is 4.75. The van der Waals surface area contributed by atoms with Gasteiger partial charge in [0.1, 0.15) is 12.4 Å². The Balaban J connectivity index is 1.70. The highest BCUT2D eigenvalue weighted by Crippen LogP contribution is 2.23. The van der Waals surface area contributed by atoms with E-state index in [0.717, 1.165) is 10.1 Å². The Bertz CT molecular complexity index is 1450. The van der Waals surface area contributed by atoms with Crippen LogP contribution in [0.1, 0.15) is 11.3 Å². The van der Waals surface area contributed by atoms with Gasteiger partial charge in [-0.05, 0) is 47.1 Å². The van der Waals surface area contributed by atoms with E-state index in [1.807, 2.05) is 0 Å². The molecule has 0 aliphatic carbocycles. The van der Waals surface area contributed by atoms with E-state index in [9.17, 15) is 14.7 Å². The minimum atomic E-state index is -0.684. The summed E-state index contributed by atoms with van der Waals surface area (Å²) in [6.45, 7) is -0.689. The summed E-state index contributed by atoms with van der Waals surface area (Å²) in [6, 6.07) is 14.9. The second-order valence-electron chi connectivity index (χ2n) is 7.12. The molecule has 0 atom stereocenters. The van der Waals surface area contributed by atoms with Crippen molar-refractivity contribution in [2.75, 3.05) is 6.61 Å². The van der Waals surface area contributed by atoms with Crippen LogP contribution in [-0.4, -0.2) is 36.1 Å². The van der Waals surface area contributed by atoms with Crippen LogP contribution in [0.4, 0.5) is 5.69 Å². The van der Waals surface area contributed by atoms with Crippen LogP contribution in [0, 0.1) is 0 Å². The molecule has 0 aliphatic rings. The Morgan fingerprint density at radius 2 is 1.79 bits per heavy atom. The Kier molecular flexibility index (Phi) is 7.07. The van der Waals surface area contributed by atoms with E-state index < -0.39 is 11.4 Å². The van der Waals surface area contributed by atoms with E-state index in [4.69, 9.17) is 26.0 Å². The Labute approximate surface area is 196 Å². The number of benzene rings is 2. The van der Waals surface area contributed by atoms with Crippen LogP contribution in [0.2, 0.25) is 5.02 Å². The summed E-state index contributed by atoms with van der Waals surface area (Å²) >= 11 is 5.95. The van der Waals surface area contributed by atoms with E-state index in [1.54, 1.807) is 48.5 Å². The summed E-state index contributed by atoms with van der Waals surface area (Å²) < 4.78 is 12.6. The van der Waals surface area contributed by atoms with Gasteiger partial charge in [-0.2, -0.15) is 0 Å². The number of aromatic nitrogens is 4. The molecule has 4 aromatic rings. The summed E-state index contributed by atoms with van der Waals surface area (Å²) in [6.07, 6.45) is 0. The van der Waals surface area contributed by atoms with Crippen LogP contribution < -0.4 is 21.7 Å². The maximum atomic E-state index is 13.0. The summed E-state index contributed by atoms with van der Waals surface area (Å²) in [5.41, 5.74) is -0.0441. The van der Waals surface area contributed by atoms with Gasteiger partial charge in [-0.1, -0.05) is 23.7 Å². The van der Waals surface area contributed by atoms with Gasteiger partial charge in [-0.25, -0.2) is 19.1 Å². The van der Waals surface area contributed by atoms with Gasteiger partial charge in [0.25, 0.3) is 5.88 Å². The average Bonchev–Trinajstić information content (AvgIpc) is 3.29. The van der Waals surface area contributed by atoms with Gasteiger partial charge in [0.2, 0.25) is 5.62 Å². The first kappa shape index (κ1) is 23.2. The molecule has 2 aromatic heterocycles. The largest absolute Gasteiger partial charge is 0.436 e. The van der Waals surface area contributed by atoms with Gasteiger partial charge in [0.15, 0.2) is 5.76 Å². The van der Waals surface area contributed by atoms with Gasteiger partial charge >= 0.3 is 11.4 Å². The van der Waals surface area contributed by atoms with Crippen molar-refractivity contribution in [1.29, 1.82) is 0 Å². The number of hydrogen-bond acceptors (Lipinski definition) is 8. The van der Waals surface area contributed by atoms with Crippen molar-refractivity contribution < 1.29 is 19.5 Å². The van der Waals surface area contributed by atoms with Crippen molar-refractivity contribution in [2.45, 2.75) is 19.7 Å². The number of ether oxygens (including phenoxy) is 1. The number of aromatic amines is 1. The van der Waals surface area contributed by atoms with Crippen LogP contribution in [-0.2, 0) is 19.7 Å². The lowest BCUT2D eigenvalue weighted by Gasteiger charge is -2.10. The standard InChI is InChI=1S/C22H20ClN5O6/c23-15-3-1-14(2-4-15)12-28-20(25-21(31)27(9-10-29)22(28)32)24-16-5-7-17(8-6-16)33-19-11-18(13-30)34-26-19/h1-8,11,29-30H,9-10,12-13H2,(H,24,25,31). The maximum absolute atomic E-state index is 13.0. The number of nitrogens with one attached hydrogen (secondary N) is 1. The topological polar surface area (TPSA) is 148 Å². The van der Waals surface area contributed by atoms with Crippen LogP contribution in [0.5, 0.6) is 11.6 Å². The molecule has 0 amide bonds. The fourth-order valence-electron chi connectivity index (χ4n) is 3.10. The molecule has 0 saturated carbocycles. The molecular formula is C22H20ClN5O6. The highest BCUT2D eigenvalue weighted by Gasteiger charge is 2.10. The van der Waals surface area contributed by atoms with E-state index >= 15 is 0 Å². The van der Waals surface area contributed by atoms with E-state index in [1.165, 1.54) is 10.6 Å². The first-order valence-electron chi connectivity index (χ1n) is 10.1. The van der Waals surface area contributed by atoms with Gasteiger partial charge in [0, 0.05) is 11.1 Å². The molecule has 0 fully saturated rings. The number of hydrogen-bond donors (Lipinski definition) is 3. The van der Waals surface area contributed by atoms with Crippen molar-refractivity contribution in [1.82, 2.24) is 19.3 Å². The fourth-order valence-corrected chi connectivity index (χ4v) is 3.23. The first-order chi connectivity index (χ1) is 16.5. The number of nitrogens with zero attached hydrogens (tertiary/aromatic N) is 4. The van der Waals surface area contributed by atoms with Crippen molar-refractivity contribution in [3.05, 3.63) is 97.5 Å². The zero-order valence-electron chi connectivity index (χ0n) is 17.7. The smallest absolute Gasteiger partial charge is 0.335 e.